The van der Waals surface area contributed by atoms with Crippen molar-refractivity contribution >= 4 is 0 Å². The van der Waals surface area contributed by atoms with Crippen LogP contribution in [-0.4, -0.2) is 10.5 Å². The van der Waals surface area contributed by atoms with Gasteiger partial charge in [-0.2, -0.15) is 0 Å². The molecule has 106 valence electrons. The molecule has 0 bridgehead atoms. The highest BCUT2D eigenvalue weighted by atomic mass is 14.8. The number of aromatic nitrogens is 1. The SMILES string of the molecule is CCCC1CCC(N)(Cc2ccc(CC)cn2)CC1. The molecule has 0 amide bonds. The van der Waals surface area contributed by atoms with E-state index in [-0.39, 0.29) is 5.54 Å². The van der Waals surface area contributed by atoms with Crippen LogP contribution >= 0.6 is 0 Å². The van der Waals surface area contributed by atoms with E-state index >= 15 is 0 Å². The van der Waals surface area contributed by atoms with Crippen molar-refractivity contribution in [1.29, 1.82) is 0 Å². The van der Waals surface area contributed by atoms with Crippen LogP contribution in [0.2, 0.25) is 0 Å². The van der Waals surface area contributed by atoms with E-state index in [2.05, 4.69) is 31.0 Å². The normalized spacial score (nSPS) is 27.4. The predicted molar refractivity (Wildman–Crippen MR) is 81.1 cm³/mol. The summed E-state index contributed by atoms with van der Waals surface area (Å²) in [5.41, 5.74) is 9.04. The van der Waals surface area contributed by atoms with E-state index in [1.165, 1.54) is 31.2 Å². The molecule has 0 radical (unpaired) electrons. The van der Waals surface area contributed by atoms with Gasteiger partial charge in [0.15, 0.2) is 0 Å². The lowest BCUT2D eigenvalue weighted by Gasteiger charge is -2.37. The van der Waals surface area contributed by atoms with Gasteiger partial charge in [-0.15, -0.1) is 0 Å². The lowest BCUT2D eigenvalue weighted by atomic mass is 9.73. The van der Waals surface area contributed by atoms with Crippen molar-refractivity contribution in [2.24, 2.45) is 11.7 Å². The second kappa shape index (κ2) is 6.51. The topological polar surface area (TPSA) is 38.9 Å². The molecule has 19 heavy (non-hydrogen) atoms. The van der Waals surface area contributed by atoms with Crippen LogP contribution in [0.25, 0.3) is 0 Å². The summed E-state index contributed by atoms with van der Waals surface area (Å²) in [5, 5.41) is 0. The van der Waals surface area contributed by atoms with Gasteiger partial charge < -0.3 is 5.73 Å². The van der Waals surface area contributed by atoms with Crippen molar-refractivity contribution in [2.75, 3.05) is 0 Å². The summed E-state index contributed by atoms with van der Waals surface area (Å²) in [7, 11) is 0. The number of hydrogen-bond acceptors (Lipinski definition) is 2. The average molecular weight is 260 g/mol. The first-order chi connectivity index (χ1) is 9.15. The number of nitrogens with zero attached hydrogens (tertiary/aromatic N) is 1. The Labute approximate surface area is 117 Å². The smallest absolute Gasteiger partial charge is 0.0422 e. The van der Waals surface area contributed by atoms with Gasteiger partial charge >= 0.3 is 0 Å². The fourth-order valence-corrected chi connectivity index (χ4v) is 3.26. The first-order valence-electron chi connectivity index (χ1n) is 7.88. The van der Waals surface area contributed by atoms with Gasteiger partial charge in [0.1, 0.15) is 0 Å². The standard InChI is InChI=1S/C17H28N2/c1-3-5-15-8-10-17(18,11-9-15)12-16-7-6-14(4-2)13-19-16/h6-7,13,15H,3-5,8-12,18H2,1-2H3. The third kappa shape index (κ3) is 4.04. The number of hydrogen-bond donors (Lipinski definition) is 1. The first kappa shape index (κ1) is 14.5. The molecule has 1 aromatic rings. The van der Waals surface area contributed by atoms with Crippen LogP contribution in [0.5, 0.6) is 0 Å². The lowest BCUT2D eigenvalue weighted by molar-refractivity contribution is 0.222. The third-order valence-electron chi connectivity index (χ3n) is 4.63. The Morgan fingerprint density at radius 1 is 1.26 bits per heavy atom. The van der Waals surface area contributed by atoms with Crippen molar-refractivity contribution < 1.29 is 0 Å². The van der Waals surface area contributed by atoms with Crippen molar-refractivity contribution in [3.63, 3.8) is 0 Å². The van der Waals surface area contributed by atoms with Crippen LogP contribution in [0.4, 0.5) is 0 Å². The molecule has 0 aliphatic heterocycles. The summed E-state index contributed by atoms with van der Waals surface area (Å²) < 4.78 is 0. The second-order valence-electron chi connectivity index (χ2n) is 6.28. The van der Waals surface area contributed by atoms with Gasteiger partial charge in [-0.25, -0.2) is 0 Å². The van der Waals surface area contributed by atoms with E-state index in [1.54, 1.807) is 0 Å². The molecule has 1 heterocycles. The van der Waals surface area contributed by atoms with E-state index in [4.69, 9.17) is 5.73 Å². The second-order valence-corrected chi connectivity index (χ2v) is 6.28. The molecular formula is C17H28N2. The summed E-state index contributed by atoms with van der Waals surface area (Å²) in [6.07, 6.45) is 11.6. The molecule has 1 aliphatic rings. The molecule has 2 nitrogen and oxygen atoms in total. The van der Waals surface area contributed by atoms with Crippen molar-refractivity contribution in [3.8, 4) is 0 Å². The minimum atomic E-state index is -0.00896. The zero-order valence-electron chi connectivity index (χ0n) is 12.5. The fraction of sp³-hybridized carbons (Fsp3) is 0.706. The van der Waals surface area contributed by atoms with Gasteiger partial charge in [0.05, 0.1) is 0 Å². The minimum absolute atomic E-state index is 0.00896. The van der Waals surface area contributed by atoms with Crippen LogP contribution in [-0.2, 0) is 12.8 Å². The maximum absolute atomic E-state index is 6.58. The van der Waals surface area contributed by atoms with E-state index in [0.29, 0.717) is 0 Å². The Morgan fingerprint density at radius 3 is 2.53 bits per heavy atom. The summed E-state index contributed by atoms with van der Waals surface area (Å²) in [5.74, 6) is 0.914. The Kier molecular flexibility index (Phi) is 4.98. The Bertz CT molecular complexity index is 375. The van der Waals surface area contributed by atoms with E-state index in [9.17, 15) is 0 Å². The van der Waals surface area contributed by atoms with Crippen molar-refractivity contribution in [3.05, 3.63) is 29.6 Å². The monoisotopic (exact) mass is 260 g/mol. The largest absolute Gasteiger partial charge is 0.325 e. The van der Waals surface area contributed by atoms with Crippen LogP contribution in [0.15, 0.2) is 18.3 Å². The number of nitrogens with two attached hydrogens (primary N) is 1. The van der Waals surface area contributed by atoms with Gasteiger partial charge in [0.25, 0.3) is 0 Å². The van der Waals surface area contributed by atoms with E-state index in [0.717, 1.165) is 37.3 Å². The quantitative estimate of drug-likeness (QED) is 0.872. The molecule has 1 aromatic heterocycles. The van der Waals surface area contributed by atoms with E-state index in [1.807, 2.05) is 6.20 Å². The Balaban J connectivity index is 1.91. The highest BCUT2D eigenvalue weighted by molar-refractivity contribution is 5.16. The molecule has 1 saturated carbocycles. The zero-order chi connectivity index (χ0) is 13.7. The molecule has 0 unspecified atom stereocenters. The Hall–Kier alpha value is -0.890. The third-order valence-corrected chi connectivity index (χ3v) is 4.63. The molecule has 0 spiro atoms. The summed E-state index contributed by atoms with van der Waals surface area (Å²) in [6, 6.07) is 4.35. The average Bonchev–Trinajstić information content (AvgIpc) is 2.43. The zero-order valence-corrected chi connectivity index (χ0v) is 12.5. The van der Waals surface area contributed by atoms with Gasteiger partial charge in [-0.1, -0.05) is 32.8 Å². The molecule has 0 saturated heterocycles. The molecule has 2 N–H and O–H groups in total. The molecule has 1 fully saturated rings. The molecule has 0 atom stereocenters. The van der Waals surface area contributed by atoms with Crippen LogP contribution in [0.1, 0.15) is 63.6 Å². The van der Waals surface area contributed by atoms with Gasteiger partial charge in [-0.05, 0) is 49.7 Å². The highest BCUT2D eigenvalue weighted by Crippen LogP contribution is 2.34. The fourth-order valence-electron chi connectivity index (χ4n) is 3.26. The number of pyridine rings is 1. The maximum atomic E-state index is 6.58. The summed E-state index contributed by atoms with van der Waals surface area (Å²) in [6.45, 7) is 4.44. The van der Waals surface area contributed by atoms with Gasteiger partial charge in [0.2, 0.25) is 0 Å². The molecule has 0 aromatic carbocycles. The van der Waals surface area contributed by atoms with Crippen LogP contribution < -0.4 is 5.73 Å². The van der Waals surface area contributed by atoms with Gasteiger partial charge in [0, 0.05) is 23.9 Å². The lowest BCUT2D eigenvalue weighted by Crippen LogP contribution is -2.45. The minimum Gasteiger partial charge on any atom is -0.325 e. The van der Waals surface area contributed by atoms with Gasteiger partial charge in [-0.3, -0.25) is 4.98 Å². The number of rotatable bonds is 5. The summed E-state index contributed by atoms with van der Waals surface area (Å²) >= 11 is 0. The summed E-state index contributed by atoms with van der Waals surface area (Å²) in [4.78, 5) is 4.56. The highest BCUT2D eigenvalue weighted by Gasteiger charge is 2.31. The van der Waals surface area contributed by atoms with Crippen LogP contribution in [0, 0.1) is 5.92 Å². The van der Waals surface area contributed by atoms with E-state index < -0.39 is 0 Å². The maximum Gasteiger partial charge on any atom is 0.0422 e. The first-order valence-corrected chi connectivity index (χ1v) is 7.88. The number of aryl methyl sites for hydroxylation is 1. The van der Waals surface area contributed by atoms with Crippen LogP contribution in [0.3, 0.4) is 0 Å². The van der Waals surface area contributed by atoms with Crippen molar-refractivity contribution in [2.45, 2.75) is 70.8 Å². The Morgan fingerprint density at radius 2 is 2.00 bits per heavy atom. The molecule has 2 heteroatoms. The van der Waals surface area contributed by atoms with Crippen molar-refractivity contribution in [1.82, 2.24) is 4.98 Å². The molecular weight excluding hydrogens is 232 g/mol. The molecule has 2 rings (SSSR count). The molecule has 1 aliphatic carbocycles. The predicted octanol–water partition coefficient (Wildman–Crippen LogP) is 3.87.